The summed E-state index contributed by atoms with van der Waals surface area (Å²) in [6.45, 7) is 3.99. The van der Waals surface area contributed by atoms with Gasteiger partial charge in [0.2, 0.25) is 5.91 Å². The highest BCUT2D eigenvalue weighted by Gasteiger charge is 2.34. The number of esters is 1. The fourth-order valence-corrected chi connectivity index (χ4v) is 2.11. The SMILES string of the molecule is CCCCCC(=O)CC(=O)N[C@H]1C[C@@H](CC)OC1=O. The van der Waals surface area contributed by atoms with Crippen molar-refractivity contribution in [1.82, 2.24) is 5.32 Å². The molecule has 1 rings (SSSR count). The Bertz CT molecular complexity index is 340. The van der Waals surface area contributed by atoms with Gasteiger partial charge in [0.1, 0.15) is 17.9 Å². The van der Waals surface area contributed by atoms with Crippen LogP contribution in [0.4, 0.5) is 0 Å². The third-order valence-corrected chi connectivity index (χ3v) is 3.27. The van der Waals surface area contributed by atoms with E-state index in [1.54, 1.807) is 0 Å². The molecule has 0 aliphatic carbocycles. The third kappa shape index (κ3) is 5.41. The van der Waals surface area contributed by atoms with Crippen LogP contribution >= 0.6 is 0 Å². The molecule has 1 N–H and O–H groups in total. The molecule has 1 fully saturated rings. The van der Waals surface area contributed by atoms with Crippen molar-refractivity contribution in [1.29, 1.82) is 0 Å². The van der Waals surface area contributed by atoms with Gasteiger partial charge in [-0.15, -0.1) is 0 Å². The Morgan fingerprint density at radius 2 is 2.05 bits per heavy atom. The number of nitrogens with one attached hydrogen (secondary N) is 1. The van der Waals surface area contributed by atoms with E-state index in [9.17, 15) is 14.4 Å². The molecular weight excluding hydrogens is 246 g/mol. The van der Waals surface area contributed by atoms with Crippen molar-refractivity contribution in [2.24, 2.45) is 0 Å². The number of hydrogen-bond donors (Lipinski definition) is 1. The van der Waals surface area contributed by atoms with E-state index >= 15 is 0 Å². The number of rotatable bonds is 8. The summed E-state index contributed by atoms with van der Waals surface area (Å²) in [6.07, 6.45) is 4.31. The van der Waals surface area contributed by atoms with Crippen LogP contribution in [0.1, 0.15) is 58.8 Å². The summed E-state index contributed by atoms with van der Waals surface area (Å²) in [5.74, 6) is -0.830. The van der Waals surface area contributed by atoms with Crippen molar-refractivity contribution in [3.05, 3.63) is 0 Å². The lowest BCUT2D eigenvalue weighted by atomic mass is 10.1. The molecule has 0 saturated carbocycles. The van der Waals surface area contributed by atoms with Gasteiger partial charge in [-0.3, -0.25) is 9.59 Å². The van der Waals surface area contributed by atoms with E-state index < -0.39 is 12.0 Å². The molecule has 1 aliphatic heterocycles. The summed E-state index contributed by atoms with van der Waals surface area (Å²) in [7, 11) is 0. The molecule has 0 aromatic heterocycles. The quantitative estimate of drug-likeness (QED) is 0.414. The van der Waals surface area contributed by atoms with Gasteiger partial charge in [-0.25, -0.2) is 4.79 Å². The number of Topliss-reactive ketones (excluding diaryl/α,β-unsaturated/α-hetero) is 1. The molecular formula is C14H23NO4. The van der Waals surface area contributed by atoms with Gasteiger partial charge >= 0.3 is 5.97 Å². The Balaban J connectivity index is 2.27. The monoisotopic (exact) mass is 269 g/mol. The van der Waals surface area contributed by atoms with Crippen LogP contribution in [0.2, 0.25) is 0 Å². The van der Waals surface area contributed by atoms with Crippen molar-refractivity contribution in [3.8, 4) is 0 Å². The number of ether oxygens (including phenoxy) is 1. The first kappa shape index (κ1) is 15.7. The molecule has 0 radical (unpaired) electrons. The Kier molecular flexibility index (Phi) is 6.53. The number of carbonyl (C=O) groups is 3. The summed E-state index contributed by atoms with van der Waals surface area (Å²) < 4.78 is 5.07. The average molecular weight is 269 g/mol. The summed E-state index contributed by atoms with van der Waals surface area (Å²) in [4.78, 5) is 34.6. The summed E-state index contributed by atoms with van der Waals surface area (Å²) in [5, 5.41) is 2.58. The second kappa shape index (κ2) is 7.92. The lowest BCUT2D eigenvalue weighted by molar-refractivity contribution is -0.144. The van der Waals surface area contributed by atoms with Crippen LogP contribution in [-0.2, 0) is 19.1 Å². The zero-order valence-electron chi connectivity index (χ0n) is 11.7. The normalized spacial score (nSPS) is 22.1. The molecule has 19 heavy (non-hydrogen) atoms. The van der Waals surface area contributed by atoms with E-state index in [-0.39, 0.29) is 24.2 Å². The van der Waals surface area contributed by atoms with E-state index in [2.05, 4.69) is 12.2 Å². The first-order valence-corrected chi connectivity index (χ1v) is 7.08. The van der Waals surface area contributed by atoms with Crippen molar-refractivity contribution in [2.75, 3.05) is 0 Å². The fourth-order valence-electron chi connectivity index (χ4n) is 2.11. The summed E-state index contributed by atoms with van der Waals surface area (Å²) >= 11 is 0. The van der Waals surface area contributed by atoms with Gasteiger partial charge < -0.3 is 10.1 Å². The van der Waals surface area contributed by atoms with Crippen molar-refractivity contribution in [3.63, 3.8) is 0 Å². The van der Waals surface area contributed by atoms with E-state index in [1.807, 2.05) is 6.92 Å². The first-order chi connectivity index (χ1) is 9.06. The number of hydrogen-bond acceptors (Lipinski definition) is 4. The largest absolute Gasteiger partial charge is 0.461 e. The van der Waals surface area contributed by atoms with Crippen LogP contribution in [0.5, 0.6) is 0 Å². The van der Waals surface area contributed by atoms with E-state index in [0.717, 1.165) is 25.7 Å². The molecule has 5 heteroatoms. The van der Waals surface area contributed by atoms with Gasteiger partial charge in [-0.2, -0.15) is 0 Å². The number of unbranched alkanes of at least 4 members (excludes halogenated alkanes) is 2. The number of amides is 1. The van der Waals surface area contributed by atoms with Gasteiger partial charge in [0.15, 0.2) is 0 Å². The van der Waals surface area contributed by atoms with E-state index in [0.29, 0.717) is 12.8 Å². The van der Waals surface area contributed by atoms with Gasteiger partial charge in [-0.1, -0.05) is 26.7 Å². The second-order valence-electron chi connectivity index (χ2n) is 5.00. The predicted molar refractivity (Wildman–Crippen MR) is 70.5 cm³/mol. The lowest BCUT2D eigenvalue weighted by Gasteiger charge is -2.08. The molecule has 1 aliphatic rings. The highest BCUT2D eigenvalue weighted by Crippen LogP contribution is 2.17. The smallest absolute Gasteiger partial charge is 0.329 e. The topological polar surface area (TPSA) is 72.5 Å². The molecule has 1 heterocycles. The molecule has 2 atom stereocenters. The first-order valence-electron chi connectivity index (χ1n) is 7.08. The van der Waals surface area contributed by atoms with Crippen LogP contribution in [0.25, 0.3) is 0 Å². The highest BCUT2D eigenvalue weighted by molar-refractivity contribution is 5.99. The predicted octanol–water partition coefficient (Wildman–Crippen LogP) is 1.74. The molecule has 1 saturated heterocycles. The Hall–Kier alpha value is -1.39. The minimum atomic E-state index is -0.583. The summed E-state index contributed by atoms with van der Waals surface area (Å²) in [6, 6.07) is -0.583. The highest BCUT2D eigenvalue weighted by atomic mass is 16.6. The fraction of sp³-hybridized carbons (Fsp3) is 0.786. The lowest BCUT2D eigenvalue weighted by Crippen LogP contribution is -2.38. The van der Waals surface area contributed by atoms with Gasteiger partial charge in [0.25, 0.3) is 0 Å². The number of ketones is 1. The molecule has 108 valence electrons. The number of carbonyl (C=O) groups excluding carboxylic acids is 3. The molecule has 5 nitrogen and oxygen atoms in total. The molecule has 0 aromatic carbocycles. The van der Waals surface area contributed by atoms with Crippen LogP contribution in [0.15, 0.2) is 0 Å². The maximum Gasteiger partial charge on any atom is 0.329 e. The number of cyclic esters (lactones) is 1. The maximum atomic E-state index is 11.6. The van der Waals surface area contributed by atoms with Crippen LogP contribution in [0.3, 0.4) is 0 Å². The molecule has 1 amide bonds. The van der Waals surface area contributed by atoms with Crippen molar-refractivity contribution < 1.29 is 19.1 Å². The zero-order chi connectivity index (χ0) is 14.3. The average Bonchev–Trinajstić information content (AvgIpc) is 2.70. The summed E-state index contributed by atoms with van der Waals surface area (Å²) in [5.41, 5.74) is 0. The standard InChI is InChI=1S/C14H23NO4/c1-3-5-6-7-10(16)8-13(17)15-12-9-11(4-2)19-14(12)18/h11-12H,3-9H2,1-2H3,(H,15,17)/t11-,12+/m1/s1. The van der Waals surface area contributed by atoms with E-state index in [1.165, 1.54) is 0 Å². The van der Waals surface area contributed by atoms with Gasteiger partial charge in [0, 0.05) is 12.8 Å². The zero-order valence-corrected chi connectivity index (χ0v) is 11.7. The Morgan fingerprint density at radius 3 is 2.63 bits per heavy atom. The second-order valence-corrected chi connectivity index (χ2v) is 5.00. The molecule has 0 bridgehead atoms. The third-order valence-electron chi connectivity index (χ3n) is 3.27. The van der Waals surface area contributed by atoms with Crippen molar-refractivity contribution >= 4 is 17.7 Å². The van der Waals surface area contributed by atoms with Gasteiger partial charge in [-0.05, 0) is 12.8 Å². The van der Waals surface area contributed by atoms with Crippen LogP contribution < -0.4 is 5.32 Å². The maximum absolute atomic E-state index is 11.6. The minimum absolute atomic E-state index is 0.0654. The Morgan fingerprint density at radius 1 is 1.32 bits per heavy atom. The van der Waals surface area contributed by atoms with Crippen molar-refractivity contribution in [2.45, 2.75) is 70.9 Å². The molecule has 0 aromatic rings. The molecule has 0 unspecified atom stereocenters. The van der Waals surface area contributed by atoms with E-state index in [4.69, 9.17) is 4.74 Å². The van der Waals surface area contributed by atoms with Crippen LogP contribution in [-0.4, -0.2) is 29.8 Å². The molecule has 0 spiro atoms. The minimum Gasteiger partial charge on any atom is -0.461 e. The Labute approximate surface area is 114 Å². The van der Waals surface area contributed by atoms with Crippen LogP contribution in [0, 0.1) is 0 Å². The van der Waals surface area contributed by atoms with Gasteiger partial charge in [0.05, 0.1) is 6.42 Å².